The lowest BCUT2D eigenvalue weighted by Crippen LogP contribution is -2.40. The first-order chi connectivity index (χ1) is 8.09. The van der Waals surface area contributed by atoms with Crippen LogP contribution in [0.25, 0.3) is 0 Å². The Bertz CT molecular complexity index is 225. The molecule has 0 unspecified atom stereocenters. The van der Waals surface area contributed by atoms with Gasteiger partial charge in [-0.2, -0.15) is 0 Å². The third-order valence-electron chi connectivity index (χ3n) is 5.02. The van der Waals surface area contributed by atoms with Crippen LogP contribution in [0.2, 0.25) is 0 Å². The predicted octanol–water partition coefficient (Wildman–Crippen LogP) is 3.30. The molecule has 18 heavy (non-hydrogen) atoms. The van der Waals surface area contributed by atoms with E-state index in [1.165, 1.54) is 58.2 Å². The molecule has 1 aliphatic carbocycles. The van der Waals surface area contributed by atoms with E-state index < -0.39 is 0 Å². The minimum absolute atomic E-state index is 0. The van der Waals surface area contributed by atoms with Crippen molar-refractivity contribution < 1.29 is 0 Å². The summed E-state index contributed by atoms with van der Waals surface area (Å²) in [6, 6.07) is 0. The maximum atomic E-state index is 5.74. The standard InChI is InChI=1S/C15H30N2.ClH/c1-15(2)7-3-14(4-8-15)12-17-9-5-13(11-16)6-10-17;/h13-14H,3-12,16H2,1-2H3;1H. The number of halogens is 1. The highest BCUT2D eigenvalue weighted by Crippen LogP contribution is 2.38. The Morgan fingerprint density at radius 2 is 1.56 bits per heavy atom. The van der Waals surface area contributed by atoms with E-state index in [9.17, 15) is 0 Å². The van der Waals surface area contributed by atoms with Crippen molar-refractivity contribution in [1.29, 1.82) is 0 Å². The Balaban J connectivity index is 0.00000162. The van der Waals surface area contributed by atoms with Gasteiger partial charge >= 0.3 is 0 Å². The molecule has 3 heteroatoms. The Labute approximate surface area is 119 Å². The van der Waals surface area contributed by atoms with Gasteiger partial charge in [0.15, 0.2) is 0 Å². The molecule has 0 radical (unpaired) electrons. The van der Waals surface area contributed by atoms with Crippen molar-refractivity contribution in [3.05, 3.63) is 0 Å². The molecule has 1 aliphatic heterocycles. The molecule has 108 valence electrons. The summed E-state index contributed by atoms with van der Waals surface area (Å²) >= 11 is 0. The number of likely N-dealkylation sites (tertiary alicyclic amines) is 1. The normalized spacial score (nSPS) is 26.8. The van der Waals surface area contributed by atoms with Crippen LogP contribution in [0.15, 0.2) is 0 Å². The zero-order chi connectivity index (χ0) is 12.3. The number of piperidine rings is 1. The van der Waals surface area contributed by atoms with E-state index in [-0.39, 0.29) is 12.4 Å². The van der Waals surface area contributed by atoms with Gasteiger partial charge in [-0.25, -0.2) is 0 Å². The van der Waals surface area contributed by atoms with Crippen molar-refractivity contribution in [1.82, 2.24) is 4.90 Å². The average molecular weight is 275 g/mol. The van der Waals surface area contributed by atoms with Gasteiger partial charge in [-0.1, -0.05) is 13.8 Å². The molecular formula is C15H31ClN2. The van der Waals surface area contributed by atoms with E-state index >= 15 is 0 Å². The fraction of sp³-hybridized carbons (Fsp3) is 1.00. The quantitative estimate of drug-likeness (QED) is 0.856. The summed E-state index contributed by atoms with van der Waals surface area (Å²) in [6.07, 6.45) is 8.41. The lowest BCUT2D eigenvalue weighted by molar-refractivity contribution is 0.118. The van der Waals surface area contributed by atoms with Crippen LogP contribution in [-0.2, 0) is 0 Å². The van der Waals surface area contributed by atoms with Crippen molar-refractivity contribution in [2.45, 2.75) is 52.4 Å². The smallest absolute Gasteiger partial charge is 0.000967 e. The van der Waals surface area contributed by atoms with Crippen LogP contribution >= 0.6 is 12.4 Å². The molecule has 0 bridgehead atoms. The first-order valence-corrected chi connectivity index (χ1v) is 7.51. The molecule has 2 N–H and O–H groups in total. The molecule has 1 heterocycles. The van der Waals surface area contributed by atoms with Crippen molar-refractivity contribution >= 4 is 12.4 Å². The molecule has 0 aromatic heterocycles. The van der Waals surface area contributed by atoms with Gasteiger partial charge in [0.25, 0.3) is 0 Å². The number of hydrogen-bond donors (Lipinski definition) is 1. The van der Waals surface area contributed by atoms with Crippen LogP contribution in [-0.4, -0.2) is 31.1 Å². The Hall–Kier alpha value is 0.210. The first kappa shape index (κ1) is 16.3. The molecule has 2 rings (SSSR count). The summed E-state index contributed by atoms with van der Waals surface area (Å²) < 4.78 is 0. The van der Waals surface area contributed by atoms with Crippen molar-refractivity contribution in [2.75, 3.05) is 26.2 Å². The number of rotatable bonds is 3. The number of hydrogen-bond acceptors (Lipinski definition) is 2. The maximum absolute atomic E-state index is 5.74. The third-order valence-corrected chi connectivity index (χ3v) is 5.02. The largest absolute Gasteiger partial charge is 0.330 e. The molecule has 0 atom stereocenters. The third kappa shape index (κ3) is 4.71. The van der Waals surface area contributed by atoms with Crippen LogP contribution in [0, 0.1) is 17.3 Å². The molecule has 1 saturated carbocycles. The Morgan fingerprint density at radius 1 is 1.00 bits per heavy atom. The first-order valence-electron chi connectivity index (χ1n) is 7.51. The minimum Gasteiger partial charge on any atom is -0.330 e. The van der Waals surface area contributed by atoms with Crippen LogP contribution < -0.4 is 5.73 Å². The highest BCUT2D eigenvalue weighted by atomic mass is 35.5. The Morgan fingerprint density at radius 3 is 2.06 bits per heavy atom. The second-order valence-electron chi connectivity index (χ2n) is 7.09. The van der Waals surface area contributed by atoms with E-state index in [0.29, 0.717) is 5.41 Å². The topological polar surface area (TPSA) is 29.3 Å². The fourth-order valence-electron chi connectivity index (χ4n) is 3.41. The van der Waals surface area contributed by atoms with Crippen LogP contribution in [0.3, 0.4) is 0 Å². The summed E-state index contributed by atoms with van der Waals surface area (Å²) in [7, 11) is 0. The zero-order valence-corrected chi connectivity index (χ0v) is 13.0. The fourth-order valence-corrected chi connectivity index (χ4v) is 3.41. The van der Waals surface area contributed by atoms with Gasteiger partial charge in [-0.3, -0.25) is 0 Å². The predicted molar refractivity (Wildman–Crippen MR) is 81.2 cm³/mol. The lowest BCUT2D eigenvalue weighted by atomic mass is 9.73. The molecule has 0 aromatic rings. The molecule has 0 amide bonds. The maximum Gasteiger partial charge on any atom is 0.000967 e. The SMILES string of the molecule is CC1(C)CCC(CN2CCC(CN)CC2)CC1.Cl. The van der Waals surface area contributed by atoms with Crippen LogP contribution in [0.1, 0.15) is 52.4 Å². The molecule has 0 aromatic carbocycles. The molecular weight excluding hydrogens is 244 g/mol. The molecule has 0 spiro atoms. The number of nitrogens with zero attached hydrogens (tertiary/aromatic N) is 1. The van der Waals surface area contributed by atoms with Gasteiger partial charge in [-0.15, -0.1) is 12.4 Å². The van der Waals surface area contributed by atoms with Crippen LogP contribution in [0.5, 0.6) is 0 Å². The monoisotopic (exact) mass is 274 g/mol. The lowest BCUT2D eigenvalue weighted by Gasteiger charge is -2.38. The second kappa shape index (κ2) is 7.12. The Kier molecular flexibility index (Phi) is 6.43. The van der Waals surface area contributed by atoms with E-state index in [1.807, 2.05) is 0 Å². The molecule has 1 saturated heterocycles. The highest BCUT2D eigenvalue weighted by Gasteiger charge is 2.28. The van der Waals surface area contributed by atoms with Gasteiger partial charge in [0.1, 0.15) is 0 Å². The number of nitrogens with two attached hydrogens (primary N) is 1. The summed E-state index contributed by atoms with van der Waals surface area (Å²) in [4.78, 5) is 2.69. The summed E-state index contributed by atoms with van der Waals surface area (Å²) in [6.45, 7) is 9.69. The highest BCUT2D eigenvalue weighted by molar-refractivity contribution is 5.85. The summed E-state index contributed by atoms with van der Waals surface area (Å²) in [5.41, 5.74) is 6.36. The van der Waals surface area contributed by atoms with E-state index in [1.54, 1.807) is 0 Å². The van der Waals surface area contributed by atoms with Crippen molar-refractivity contribution in [3.8, 4) is 0 Å². The summed E-state index contributed by atoms with van der Waals surface area (Å²) in [5.74, 6) is 1.77. The van der Waals surface area contributed by atoms with Gasteiger partial charge in [0.2, 0.25) is 0 Å². The van der Waals surface area contributed by atoms with Gasteiger partial charge in [-0.05, 0) is 75.4 Å². The van der Waals surface area contributed by atoms with Crippen LogP contribution in [0.4, 0.5) is 0 Å². The zero-order valence-electron chi connectivity index (χ0n) is 12.2. The molecule has 2 nitrogen and oxygen atoms in total. The van der Waals surface area contributed by atoms with E-state index in [2.05, 4.69) is 18.7 Å². The minimum atomic E-state index is 0. The second-order valence-corrected chi connectivity index (χ2v) is 7.09. The van der Waals surface area contributed by atoms with Gasteiger partial charge in [0.05, 0.1) is 0 Å². The van der Waals surface area contributed by atoms with Gasteiger partial charge < -0.3 is 10.6 Å². The average Bonchev–Trinajstić information content (AvgIpc) is 2.33. The van der Waals surface area contributed by atoms with E-state index in [4.69, 9.17) is 5.73 Å². The summed E-state index contributed by atoms with van der Waals surface area (Å²) in [5, 5.41) is 0. The van der Waals surface area contributed by atoms with E-state index in [0.717, 1.165) is 18.4 Å². The van der Waals surface area contributed by atoms with Crippen molar-refractivity contribution in [2.24, 2.45) is 23.0 Å². The molecule has 2 aliphatic rings. The molecule has 2 fully saturated rings. The van der Waals surface area contributed by atoms with Gasteiger partial charge in [0, 0.05) is 6.54 Å². The van der Waals surface area contributed by atoms with Crippen molar-refractivity contribution in [3.63, 3.8) is 0 Å².